The molecule has 4 heteroatoms. The molecule has 2 N–H and O–H groups in total. The first-order chi connectivity index (χ1) is 11.6. The predicted octanol–water partition coefficient (Wildman–Crippen LogP) is 4.95. The fraction of sp³-hybridized carbons (Fsp3) is 0.286. The van der Waals surface area contributed by atoms with Gasteiger partial charge in [-0.1, -0.05) is 26.8 Å². The second-order valence-electron chi connectivity index (χ2n) is 7.60. The van der Waals surface area contributed by atoms with Gasteiger partial charge < -0.3 is 10.1 Å². The minimum atomic E-state index is -0.799. The van der Waals surface area contributed by atoms with Gasteiger partial charge in [-0.25, -0.2) is 4.39 Å². The van der Waals surface area contributed by atoms with E-state index in [0.717, 1.165) is 22.8 Å². The molecule has 0 radical (unpaired) electrons. The van der Waals surface area contributed by atoms with E-state index in [2.05, 4.69) is 44.8 Å². The van der Waals surface area contributed by atoms with Crippen LogP contribution in [0.15, 0.2) is 35.1 Å². The number of aryl methyl sites for hydroxylation is 2. The molecule has 0 aliphatic rings. The number of hydrogen-bond acceptors (Lipinski definition) is 2. The SMILES string of the molecule is Cc1cc(C(C)(C)C)c(C)cc1-c1cc(=O)c2c(O)c(F)ccc2[nH]1. The minimum absolute atomic E-state index is 0.0237. The topological polar surface area (TPSA) is 53.1 Å². The van der Waals surface area contributed by atoms with E-state index in [-0.39, 0.29) is 10.8 Å². The van der Waals surface area contributed by atoms with Crippen LogP contribution in [0.5, 0.6) is 5.75 Å². The molecule has 3 nitrogen and oxygen atoms in total. The largest absolute Gasteiger partial charge is 0.504 e. The van der Waals surface area contributed by atoms with Crippen LogP contribution in [0.2, 0.25) is 0 Å². The van der Waals surface area contributed by atoms with E-state index < -0.39 is 17.0 Å². The van der Waals surface area contributed by atoms with Crippen LogP contribution in [-0.2, 0) is 5.41 Å². The summed E-state index contributed by atoms with van der Waals surface area (Å²) in [7, 11) is 0. The van der Waals surface area contributed by atoms with E-state index >= 15 is 0 Å². The van der Waals surface area contributed by atoms with Gasteiger partial charge in [0.25, 0.3) is 0 Å². The molecule has 0 spiro atoms. The number of H-pyrrole nitrogens is 1. The van der Waals surface area contributed by atoms with Gasteiger partial charge in [0.2, 0.25) is 0 Å². The maximum Gasteiger partial charge on any atom is 0.193 e. The van der Waals surface area contributed by atoms with E-state index in [0.29, 0.717) is 11.2 Å². The maximum absolute atomic E-state index is 13.5. The number of phenols is 1. The maximum atomic E-state index is 13.5. The first-order valence-electron chi connectivity index (χ1n) is 8.26. The van der Waals surface area contributed by atoms with Crippen LogP contribution < -0.4 is 5.43 Å². The predicted molar refractivity (Wildman–Crippen MR) is 99.8 cm³/mol. The molecule has 1 heterocycles. The number of pyridine rings is 1. The molecule has 1 aromatic heterocycles. The lowest BCUT2D eigenvalue weighted by Crippen LogP contribution is -2.14. The van der Waals surface area contributed by atoms with Crippen molar-refractivity contribution >= 4 is 10.9 Å². The number of nitrogens with one attached hydrogen (secondary N) is 1. The zero-order valence-electron chi connectivity index (χ0n) is 15.1. The van der Waals surface area contributed by atoms with Crippen molar-refractivity contribution < 1.29 is 9.50 Å². The number of phenolic OH excluding ortho intramolecular Hbond substituents is 1. The van der Waals surface area contributed by atoms with Crippen molar-refractivity contribution in [2.75, 3.05) is 0 Å². The van der Waals surface area contributed by atoms with Crippen molar-refractivity contribution in [2.45, 2.75) is 40.0 Å². The number of hydrogen-bond donors (Lipinski definition) is 2. The second-order valence-corrected chi connectivity index (χ2v) is 7.60. The summed E-state index contributed by atoms with van der Waals surface area (Å²) in [6, 6.07) is 8.25. The first-order valence-corrected chi connectivity index (χ1v) is 8.26. The molecule has 0 amide bonds. The third-order valence-electron chi connectivity index (χ3n) is 4.59. The summed E-state index contributed by atoms with van der Waals surface area (Å²) in [6.07, 6.45) is 0. The highest BCUT2D eigenvalue weighted by atomic mass is 19.1. The van der Waals surface area contributed by atoms with Gasteiger partial charge in [-0.2, -0.15) is 0 Å². The lowest BCUT2D eigenvalue weighted by molar-refractivity contribution is 0.438. The second kappa shape index (κ2) is 5.73. The lowest BCUT2D eigenvalue weighted by atomic mass is 9.82. The molecule has 130 valence electrons. The molecule has 2 aromatic carbocycles. The summed E-state index contributed by atoms with van der Waals surface area (Å²) >= 11 is 0. The zero-order valence-corrected chi connectivity index (χ0v) is 15.1. The number of aromatic amines is 1. The Labute approximate surface area is 146 Å². The van der Waals surface area contributed by atoms with Gasteiger partial charge >= 0.3 is 0 Å². The number of benzene rings is 2. The van der Waals surface area contributed by atoms with Crippen molar-refractivity contribution in [1.29, 1.82) is 0 Å². The molecular weight excluding hydrogens is 317 g/mol. The van der Waals surface area contributed by atoms with Gasteiger partial charge in [0.15, 0.2) is 17.0 Å². The fourth-order valence-corrected chi connectivity index (χ4v) is 3.36. The Morgan fingerprint density at radius 1 is 1.04 bits per heavy atom. The Hall–Kier alpha value is -2.62. The summed E-state index contributed by atoms with van der Waals surface area (Å²) < 4.78 is 13.5. The van der Waals surface area contributed by atoms with Crippen LogP contribution in [0, 0.1) is 19.7 Å². The number of rotatable bonds is 1. The highest BCUT2D eigenvalue weighted by Gasteiger charge is 2.19. The van der Waals surface area contributed by atoms with E-state index in [4.69, 9.17) is 0 Å². The van der Waals surface area contributed by atoms with Gasteiger partial charge in [-0.15, -0.1) is 0 Å². The monoisotopic (exact) mass is 339 g/mol. The standard InChI is InChI=1S/C21H22FNO2/c1-11-9-14(21(3,4)5)12(2)8-13(11)17-10-18(24)19-16(23-17)7-6-15(22)20(19)25/h6-10,25H,1-5H3,(H,23,24). The van der Waals surface area contributed by atoms with Crippen molar-refractivity contribution in [3.63, 3.8) is 0 Å². The molecule has 0 unspecified atom stereocenters. The Bertz CT molecular complexity index is 1040. The molecule has 0 atom stereocenters. The quantitative estimate of drug-likeness (QED) is 0.659. The van der Waals surface area contributed by atoms with Gasteiger partial charge in [-0.3, -0.25) is 4.79 Å². The van der Waals surface area contributed by atoms with Crippen LogP contribution >= 0.6 is 0 Å². The normalized spacial score (nSPS) is 11.9. The summed E-state index contributed by atoms with van der Waals surface area (Å²) in [6.45, 7) is 10.6. The summed E-state index contributed by atoms with van der Waals surface area (Å²) in [5, 5.41) is 9.81. The summed E-state index contributed by atoms with van der Waals surface area (Å²) in [5.41, 5.74) is 5.09. The Morgan fingerprint density at radius 3 is 2.36 bits per heavy atom. The molecule has 0 fully saturated rings. The van der Waals surface area contributed by atoms with Crippen LogP contribution in [0.1, 0.15) is 37.5 Å². The number of aromatic nitrogens is 1. The van der Waals surface area contributed by atoms with Gasteiger partial charge in [0, 0.05) is 17.3 Å². The third-order valence-corrected chi connectivity index (χ3v) is 4.59. The number of halogens is 1. The lowest BCUT2D eigenvalue weighted by Gasteiger charge is -2.23. The van der Waals surface area contributed by atoms with Crippen LogP contribution in [0.4, 0.5) is 4.39 Å². The molecule has 3 rings (SSSR count). The van der Waals surface area contributed by atoms with E-state index in [1.165, 1.54) is 17.7 Å². The van der Waals surface area contributed by atoms with Crippen LogP contribution in [0.25, 0.3) is 22.2 Å². The van der Waals surface area contributed by atoms with Crippen molar-refractivity contribution in [1.82, 2.24) is 4.98 Å². The third kappa shape index (κ3) is 2.93. The van der Waals surface area contributed by atoms with Crippen molar-refractivity contribution in [2.24, 2.45) is 0 Å². The van der Waals surface area contributed by atoms with Crippen LogP contribution in [-0.4, -0.2) is 10.1 Å². The minimum Gasteiger partial charge on any atom is -0.504 e. The molecule has 0 bridgehead atoms. The van der Waals surface area contributed by atoms with Crippen LogP contribution in [0.3, 0.4) is 0 Å². The van der Waals surface area contributed by atoms with E-state index in [9.17, 15) is 14.3 Å². The highest BCUT2D eigenvalue weighted by molar-refractivity contribution is 5.87. The Morgan fingerprint density at radius 2 is 1.72 bits per heavy atom. The molecular formula is C21H22FNO2. The molecule has 25 heavy (non-hydrogen) atoms. The van der Waals surface area contributed by atoms with Gasteiger partial charge in [-0.05, 0) is 54.2 Å². The Balaban J connectivity index is 2.26. The smallest absolute Gasteiger partial charge is 0.193 e. The molecule has 0 saturated heterocycles. The van der Waals surface area contributed by atoms with Gasteiger partial charge in [0.05, 0.1) is 10.9 Å². The molecule has 3 aromatic rings. The highest BCUT2D eigenvalue weighted by Crippen LogP contribution is 2.32. The zero-order chi connectivity index (χ0) is 18.5. The fourth-order valence-electron chi connectivity index (χ4n) is 3.36. The van der Waals surface area contributed by atoms with E-state index in [1.807, 2.05) is 6.92 Å². The van der Waals surface area contributed by atoms with E-state index in [1.54, 1.807) is 0 Å². The van der Waals surface area contributed by atoms with Crippen molar-refractivity contribution in [3.05, 3.63) is 63.1 Å². The number of fused-ring (bicyclic) bond motifs is 1. The number of aromatic hydroxyl groups is 1. The summed E-state index contributed by atoms with van der Waals surface area (Å²) in [4.78, 5) is 15.6. The average Bonchev–Trinajstić information content (AvgIpc) is 2.51. The first kappa shape index (κ1) is 17.2. The summed E-state index contributed by atoms with van der Waals surface area (Å²) in [5.74, 6) is -1.41. The molecule has 0 aliphatic heterocycles. The van der Waals surface area contributed by atoms with Gasteiger partial charge in [0.1, 0.15) is 0 Å². The average molecular weight is 339 g/mol. The molecule has 0 saturated carbocycles. The Kier molecular flexibility index (Phi) is 3.94. The van der Waals surface area contributed by atoms with Crippen molar-refractivity contribution in [3.8, 4) is 17.0 Å². The molecule has 0 aliphatic carbocycles.